The van der Waals surface area contributed by atoms with Crippen molar-refractivity contribution in [2.24, 2.45) is 0 Å². The Morgan fingerprint density at radius 2 is 0.538 bits per heavy atom. The van der Waals surface area contributed by atoms with Crippen molar-refractivity contribution in [2.75, 3.05) is 0 Å². The molecule has 0 unspecified atom stereocenters. The fraction of sp³-hybridized carbons (Fsp3) is 0. The summed E-state index contributed by atoms with van der Waals surface area (Å²) in [6.45, 7) is 0. The molecular formula is FeO9P3. The van der Waals surface area contributed by atoms with E-state index in [0.29, 0.717) is 0 Å². The normalized spacial score (nSPS) is 5.77. The Balaban J connectivity index is -0.0000000450. The van der Waals surface area contributed by atoms with E-state index in [2.05, 4.69) is 0 Å². The van der Waals surface area contributed by atoms with E-state index >= 15 is 0 Å². The predicted octanol–water partition coefficient (Wildman–Crippen LogP) is -1.70. The summed E-state index contributed by atoms with van der Waals surface area (Å²) in [4.78, 5) is 25.4. The summed E-state index contributed by atoms with van der Waals surface area (Å²) >= 11 is 0. The van der Waals surface area contributed by atoms with Crippen molar-refractivity contribution in [3.8, 4) is 0 Å². The maximum Gasteiger partial charge on any atom is 3.00 e. The van der Waals surface area contributed by atoms with Crippen molar-refractivity contribution in [1.82, 2.24) is 0 Å². The summed E-state index contributed by atoms with van der Waals surface area (Å²) in [5, 5.41) is 0. The van der Waals surface area contributed by atoms with Gasteiger partial charge in [-0.1, -0.05) is 0 Å². The Bertz CT molecular complexity index is 208. The van der Waals surface area contributed by atoms with Gasteiger partial charge in [0.25, 0.3) is 0 Å². The van der Waals surface area contributed by atoms with Crippen LogP contribution in [0.5, 0.6) is 0 Å². The molecule has 0 saturated heterocycles. The maximum atomic E-state index is 8.48. The molecule has 0 aromatic rings. The monoisotopic (exact) mass is 293 g/mol. The van der Waals surface area contributed by atoms with E-state index in [1.54, 1.807) is 0 Å². The van der Waals surface area contributed by atoms with Gasteiger partial charge in [0.15, 0.2) is 0 Å². The molecule has 0 fully saturated rings. The average molecular weight is 293 g/mol. The first-order valence-corrected chi connectivity index (χ1v) is 4.93. The first kappa shape index (κ1) is 23.2. The molecule has 0 aromatic carbocycles. The van der Waals surface area contributed by atoms with Crippen LogP contribution in [-0.4, -0.2) is 0 Å². The quantitative estimate of drug-likeness (QED) is 0.372. The summed E-state index contributed by atoms with van der Waals surface area (Å²) in [5.41, 5.74) is 0. The molecule has 0 N–H and O–H groups in total. The van der Waals surface area contributed by atoms with Crippen LogP contribution in [0.25, 0.3) is 0 Å². The third kappa shape index (κ3) is 125000. The topological polar surface area (TPSA) is 172 Å². The van der Waals surface area contributed by atoms with Crippen LogP contribution in [-0.2, 0) is 44.5 Å². The predicted molar refractivity (Wildman–Crippen MR) is 24.9 cm³/mol. The molecule has 1 radical (unpaired) electrons. The van der Waals surface area contributed by atoms with Gasteiger partial charge in [-0.2, -0.15) is 0 Å². The van der Waals surface area contributed by atoms with Crippen molar-refractivity contribution >= 4 is 23.7 Å². The van der Waals surface area contributed by atoms with Gasteiger partial charge in [-0.25, -0.2) is 0 Å². The minimum atomic E-state index is -3.37. The SMILES string of the molecule is O=P(=O)[O-].O=P(=O)[O-].O=P(=O)[O-].[Fe+3]. The van der Waals surface area contributed by atoms with Gasteiger partial charge in [-0.15, -0.1) is 0 Å². The number of hydrogen-bond acceptors (Lipinski definition) is 9. The summed E-state index contributed by atoms with van der Waals surface area (Å²) < 4.78 is 50.9. The third-order valence-electron chi connectivity index (χ3n) is 0. The van der Waals surface area contributed by atoms with Gasteiger partial charge in [0.1, 0.15) is 0 Å². The van der Waals surface area contributed by atoms with Gasteiger partial charge in [0.2, 0.25) is 23.7 Å². The molecule has 0 aromatic heterocycles. The molecule has 0 aliphatic heterocycles. The largest absolute Gasteiger partial charge is 3.00 e. The first-order chi connectivity index (χ1) is 5.20. The van der Waals surface area contributed by atoms with Crippen molar-refractivity contribution in [3.05, 3.63) is 0 Å². The molecular weight excluding hydrogens is 293 g/mol. The van der Waals surface area contributed by atoms with Crippen LogP contribution in [0.4, 0.5) is 0 Å². The number of rotatable bonds is 0. The van der Waals surface area contributed by atoms with Crippen LogP contribution in [0.1, 0.15) is 0 Å². The molecule has 0 aliphatic rings. The molecule has 0 saturated carbocycles. The van der Waals surface area contributed by atoms with Crippen LogP contribution >= 0.6 is 23.7 Å². The zero-order valence-electron chi connectivity index (χ0n) is 5.37. The fourth-order valence-electron chi connectivity index (χ4n) is 0. The minimum Gasteiger partial charge on any atom is -0.744 e. The Kier molecular flexibility index (Phi) is 32.1. The molecule has 13 heavy (non-hydrogen) atoms. The van der Waals surface area contributed by atoms with Crippen LogP contribution in [0.3, 0.4) is 0 Å². The zero-order valence-corrected chi connectivity index (χ0v) is 9.16. The Morgan fingerprint density at radius 3 is 0.538 bits per heavy atom. The third-order valence-corrected chi connectivity index (χ3v) is 0. The zero-order chi connectivity index (χ0) is 10.7. The van der Waals surface area contributed by atoms with E-state index in [9.17, 15) is 0 Å². The molecule has 0 aliphatic carbocycles. The van der Waals surface area contributed by atoms with Crippen molar-refractivity contribution in [1.29, 1.82) is 0 Å². The molecule has 0 spiro atoms. The van der Waals surface area contributed by atoms with Crippen LogP contribution < -0.4 is 14.7 Å². The maximum absolute atomic E-state index is 8.48. The smallest absolute Gasteiger partial charge is 0.744 e. The summed E-state index contributed by atoms with van der Waals surface area (Å²) in [5.74, 6) is 0. The van der Waals surface area contributed by atoms with Gasteiger partial charge >= 0.3 is 17.1 Å². The molecule has 0 amide bonds. The molecule has 0 rings (SSSR count). The van der Waals surface area contributed by atoms with Crippen molar-refractivity contribution < 1.29 is 59.1 Å². The second kappa shape index (κ2) is 18.0. The molecule has 77 valence electrons. The second-order valence-corrected chi connectivity index (χ2v) is 2.01. The van der Waals surface area contributed by atoms with E-state index in [1.807, 2.05) is 0 Å². The van der Waals surface area contributed by atoms with Crippen molar-refractivity contribution in [2.45, 2.75) is 0 Å². The standard InChI is InChI=1S/Fe.3HO3P/c;3*1-4(2)3/h;3*(H,1,2,3)/q+3;;;/p-3. The van der Waals surface area contributed by atoms with E-state index in [-0.39, 0.29) is 17.1 Å². The molecule has 9 nitrogen and oxygen atoms in total. The minimum absolute atomic E-state index is 0. The van der Waals surface area contributed by atoms with E-state index in [0.717, 1.165) is 0 Å². The van der Waals surface area contributed by atoms with Gasteiger partial charge in [-0.3, -0.25) is 27.4 Å². The second-order valence-electron chi connectivity index (χ2n) is 0.671. The summed E-state index contributed by atoms with van der Waals surface area (Å²) in [6.07, 6.45) is 0. The van der Waals surface area contributed by atoms with Crippen LogP contribution in [0.15, 0.2) is 0 Å². The van der Waals surface area contributed by atoms with Crippen LogP contribution in [0.2, 0.25) is 0 Å². The van der Waals surface area contributed by atoms with Gasteiger partial charge in [0, 0.05) is 0 Å². The molecule has 13 heteroatoms. The van der Waals surface area contributed by atoms with Crippen molar-refractivity contribution in [3.63, 3.8) is 0 Å². The Morgan fingerprint density at radius 1 is 0.538 bits per heavy atom. The fourth-order valence-corrected chi connectivity index (χ4v) is 0. The van der Waals surface area contributed by atoms with E-state index < -0.39 is 23.7 Å². The number of hydrogen-bond donors (Lipinski definition) is 0. The van der Waals surface area contributed by atoms with Crippen LogP contribution in [0, 0.1) is 0 Å². The summed E-state index contributed by atoms with van der Waals surface area (Å²) in [6, 6.07) is 0. The Labute approximate surface area is 83.4 Å². The molecule has 0 atom stereocenters. The van der Waals surface area contributed by atoms with E-state index in [4.69, 9.17) is 42.1 Å². The average Bonchev–Trinajstić information content (AvgIpc) is 1.54. The molecule has 0 bridgehead atoms. The Hall–Kier alpha value is 0.0995. The van der Waals surface area contributed by atoms with Gasteiger partial charge in [-0.05, 0) is 0 Å². The summed E-state index contributed by atoms with van der Waals surface area (Å²) in [7, 11) is -10.1. The van der Waals surface area contributed by atoms with E-state index in [1.165, 1.54) is 0 Å². The van der Waals surface area contributed by atoms with Gasteiger partial charge < -0.3 is 14.7 Å². The first-order valence-electron chi connectivity index (χ1n) is 1.64. The molecule has 0 heterocycles. The van der Waals surface area contributed by atoms with Gasteiger partial charge in [0.05, 0.1) is 0 Å².